The van der Waals surface area contributed by atoms with E-state index in [2.05, 4.69) is 10.6 Å². The Hall–Kier alpha value is -2.09. The largest absolute Gasteiger partial charge is 0.478 e. The lowest BCUT2D eigenvalue weighted by molar-refractivity contribution is 0.0696. The Bertz CT molecular complexity index is 655. The van der Waals surface area contributed by atoms with Crippen LogP contribution in [0.4, 0.5) is 10.5 Å². The highest BCUT2D eigenvalue weighted by molar-refractivity contribution is 7.90. The number of carboxylic acids is 1. The number of carboxylic acid groups (broad SMARTS) is 1. The standard InChI is InChI=1S/C13H18N2O5S/c1-8-6-10(4-5-11(8)12(16)17)15-13(18)14-9(2)7-21(3,19)20/h4-6,9H,7H2,1-3H3,(H,16,17)(H2,14,15,18). The van der Waals surface area contributed by atoms with Crippen LogP contribution in [0.2, 0.25) is 0 Å². The van der Waals surface area contributed by atoms with E-state index in [9.17, 15) is 18.0 Å². The molecule has 0 aliphatic carbocycles. The predicted molar refractivity (Wildman–Crippen MR) is 79.5 cm³/mol. The quantitative estimate of drug-likeness (QED) is 0.757. The zero-order valence-corrected chi connectivity index (χ0v) is 12.8. The highest BCUT2D eigenvalue weighted by atomic mass is 32.2. The van der Waals surface area contributed by atoms with E-state index in [1.54, 1.807) is 13.8 Å². The normalized spacial score (nSPS) is 12.5. The van der Waals surface area contributed by atoms with Crippen LogP contribution in [0.3, 0.4) is 0 Å². The van der Waals surface area contributed by atoms with Crippen molar-refractivity contribution >= 4 is 27.5 Å². The SMILES string of the molecule is Cc1cc(NC(=O)NC(C)CS(C)(=O)=O)ccc1C(=O)O. The molecule has 116 valence electrons. The fourth-order valence-electron chi connectivity index (χ4n) is 1.87. The van der Waals surface area contributed by atoms with Crippen molar-refractivity contribution in [1.29, 1.82) is 0 Å². The molecule has 8 heteroatoms. The number of nitrogens with one attached hydrogen (secondary N) is 2. The van der Waals surface area contributed by atoms with Gasteiger partial charge in [-0.3, -0.25) is 0 Å². The Labute approximate surface area is 123 Å². The number of amides is 2. The molecule has 1 aromatic carbocycles. The fourth-order valence-corrected chi connectivity index (χ4v) is 2.86. The third-order valence-electron chi connectivity index (χ3n) is 2.64. The molecule has 0 radical (unpaired) electrons. The van der Waals surface area contributed by atoms with Gasteiger partial charge in [0, 0.05) is 18.0 Å². The molecule has 1 unspecified atom stereocenters. The number of aryl methyl sites for hydroxylation is 1. The Morgan fingerprint density at radius 3 is 2.43 bits per heavy atom. The van der Waals surface area contributed by atoms with Crippen molar-refractivity contribution in [1.82, 2.24) is 5.32 Å². The molecular formula is C13H18N2O5S. The molecular weight excluding hydrogens is 296 g/mol. The monoisotopic (exact) mass is 314 g/mol. The predicted octanol–water partition coefficient (Wildman–Crippen LogP) is 1.25. The Morgan fingerprint density at radius 1 is 1.33 bits per heavy atom. The maximum Gasteiger partial charge on any atom is 0.335 e. The van der Waals surface area contributed by atoms with Crippen molar-refractivity contribution in [2.24, 2.45) is 0 Å². The van der Waals surface area contributed by atoms with Gasteiger partial charge >= 0.3 is 12.0 Å². The topological polar surface area (TPSA) is 113 Å². The smallest absolute Gasteiger partial charge is 0.335 e. The summed E-state index contributed by atoms with van der Waals surface area (Å²) in [7, 11) is -3.17. The minimum Gasteiger partial charge on any atom is -0.478 e. The summed E-state index contributed by atoms with van der Waals surface area (Å²) in [5, 5.41) is 13.9. The summed E-state index contributed by atoms with van der Waals surface area (Å²) >= 11 is 0. The number of benzene rings is 1. The Morgan fingerprint density at radius 2 is 1.95 bits per heavy atom. The molecule has 0 aliphatic heterocycles. The highest BCUT2D eigenvalue weighted by Gasteiger charge is 2.14. The van der Waals surface area contributed by atoms with Gasteiger partial charge in [-0.1, -0.05) is 0 Å². The van der Waals surface area contributed by atoms with Crippen LogP contribution >= 0.6 is 0 Å². The van der Waals surface area contributed by atoms with Crippen molar-refractivity contribution in [2.45, 2.75) is 19.9 Å². The van der Waals surface area contributed by atoms with Gasteiger partial charge in [-0.2, -0.15) is 0 Å². The zero-order chi connectivity index (χ0) is 16.2. The first-order chi connectivity index (χ1) is 9.58. The van der Waals surface area contributed by atoms with Crippen molar-refractivity contribution in [3.8, 4) is 0 Å². The number of aromatic carboxylic acids is 1. The second-order valence-corrected chi connectivity index (χ2v) is 7.11. The van der Waals surface area contributed by atoms with E-state index in [4.69, 9.17) is 5.11 Å². The lowest BCUT2D eigenvalue weighted by Crippen LogP contribution is -2.39. The van der Waals surface area contributed by atoms with Crippen LogP contribution in [-0.2, 0) is 9.84 Å². The van der Waals surface area contributed by atoms with Crippen molar-refractivity contribution in [3.05, 3.63) is 29.3 Å². The second-order valence-electron chi connectivity index (χ2n) is 4.93. The summed E-state index contributed by atoms with van der Waals surface area (Å²) in [4.78, 5) is 22.6. The van der Waals surface area contributed by atoms with Gasteiger partial charge in [0.2, 0.25) is 0 Å². The molecule has 0 saturated heterocycles. The number of sulfone groups is 1. The molecule has 1 aromatic rings. The molecule has 3 N–H and O–H groups in total. The summed E-state index contributed by atoms with van der Waals surface area (Å²) in [5.74, 6) is -1.19. The van der Waals surface area contributed by atoms with E-state index in [0.717, 1.165) is 6.26 Å². The number of hydrogen-bond donors (Lipinski definition) is 3. The summed E-state index contributed by atoms with van der Waals surface area (Å²) in [5.41, 5.74) is 1.11. The van der Waals surface area contributed by atoms with E-state index in [-0.39, 0.29) is 11.3 Å². The van der Waals surface area contributed by atoms with E-state index in [1.165, 1.54) is 18.2 Å². The minimum absolute atomic E-state index is 0.155. The van der Waals surface area contributed by atoms with Gasteiger partial charge in [0.25, 0.3) is 0 Å². The van der Waals surface area contributed by atoms with Gasteiger partial charge in [-0.25, -0.2) is 18.0 Å². The molecule has 2 amide bonds. The molecule has 0 saturated carbocycles. The number of hydrogen-bond acceptors (Lipinski definition) is 4. The number of rotatable bonds is 5. The number of urea groups is 1. The number of anilines is 1. The molecule has 0 fully saturated rings. The van der Waals surface area contributed by atoms with E-state index in [0.29, 0.717) is 11.3 Å². The Kier molecular flexibility index (Phi) is 5.31. The molecule has 0 bridgehead atoms. The summed E-state index contributed by atoms with van der Waals surface area (Å²) in [6.07, 6.45) is 1.09. The third-order valence-corrected chi connectivity index (χ3v) is 3.75. The summed E-state index contributed by atoms with van der Waals surface area (Å²) in [6, 6.07) is 3.32. The van der Waals surface area contributed by atoms with Crippen LogP contribution in [-0.4, -0.2) is 43.6 Å². The molecule has 1 atom stereocenters. The van der Waals surface area contributed by atoms with Crippen molar-refractivity contribution in [2.75, 3.05) is 17.3 Å². The van der Waals surface area contributed by atoms with E-state index >= 15 is 0 Å². The first kappa shape index (κ1) is 17.0. The number of carbonyl (C=O) groups excluding carboxylic acids is 1. The first-order valence-corrected chi connectivity index (χ1v) is 8.23. The van der Waals surface area contributed by atoms with Crippen LogP contribution in [0.25, 0.3) is 0 Å². The van der Waals surface area contributed by atoms with Crippen LogP contribution in [0.15, 0.2) is 18.2 Å². The van der Waals surface area contributed by atoms with Crippen molar-refractivity contribution in [3.63, 3.8) is 0 Å². The summed E-state index contributed by atoms with van der Waals surface area (Å²) in [6.45, 7) is 3.21. The minimum atomic E-state index is -3.17. The molecule has 7 nitrogen and oxygen atoms in total. The molecule has 0 aliphatic rings. The van der Waals surface area contributed by atoms with E-state index in [1.807, 2.05) is 0 Å². The number of carbonyl (C=O) groups is 2. The summed E-state index contributed by atoms with van der Waals surface area (Å²) < 4.78 is 22.2. The van der Waals surface area contributed by atoms with Gasteiger partial charge in [0.1, 0.15) is 9.84 Å². The fraction of sp³-hybridized carbons (Fsp3) is 0.385. The van der Waals surface area contributed by atoms with Crippen LogP contribution < -0.4 is 10.6 Å². The second kappa shape index (κ2) is 6.57. The van der Waals surface area contributed by atoms with E-state index < -0.39 is 27.9 Å². The average Bonchev–Trinajstić information content (AvgIpc) is 2.24. The third kappa shape index (κ3) is 5.82. The van der Waals surface area contributed by atoms with Gasteiger partial charge in [0.15, 0.2) is 0 Å². The Balaban J connectivity index is 2.67. The van der Waals surface area contributed by atoms with Gasteiger partial charge in [-0.05, 0) is 37.6 Å². The maximum absolute atomic E-state index is 11.7. The van der Waals surface area contributed by atoms with Crippen molar-refractivity contribution < 1.29 is 23.1 Å². The molecule has 0 heterocycles. The van der Waals surface area contributed by atoms with Gasteiger partial charge in [0.05, 0.1) is 11.3 Å². The average molecular weight is 314 g/mol. The molecule has 0 spiro atoms. The van der Waals surface area contributed by atoms with Crippen LogP contribution in [0.5, 0.6) is 0 Å². The van der Waals surface area contributed by atoms with Crippen LogP contribution in [0.1, 0.15) is 22.8 Å². The highest BCUT2D eigenvalue weighted by Crippen LogP contribution is 2.15. The molecule has 21 heavy (non-hydrogen) atoms. The lowest BCUT2D eigenvalue weighted by atomic mass is 10.1. The zero-order valence-electron chi connectivity index (χ0n) is 12.0. The lowest BCUT2D eigenvalue weighted by Gasteiger charge is -2.14. The molecule has 0 aromatic heterocycles. The van der Waals surface area contributed by atoms with Crippen LogP contribution in [0, 0.1) is 6.92 Å². The maximum atomic E-state index is 11.7. The van der Waals surface area contributed by atoms with Gasteiger partial charge < -0.3 is 15.7 Å². The molecule has 1 rings (SSSR count). The van der Waals surface area contributed by atoms with Gasteiger partial charge in [-0.15, -0.1) is 0 Å². The first-order valence-electron chi connectivity index (χ1n) is 6.17.